The highest BCUT2D eigenvalue weighted by Gasteiger charge is 2.68. The molecule has 0 bridgehead atoms. The fraction of sp³-hybridized carbons (Fsp3) is 0.636. The van der Waals surface area contributed by atoms with Gasteiger partial charge < -0.3 is 4.43 Å². The van der Waals surface area contributed by atoms with Crippen molar-refractivity contribution in [1.29, 1.82) is 0 Å². The first-order valence-electron chi connectivity index (χ1n) is 10.5. The zero-order chi connectivity index (χ0) is 20.9. The first-order valence-corrected chi connectivity index (χ1v) is 25.1. The Morgan fingerprint density at radius 2 is 1.26 bits per heavy atom. The van der Waals surface area contributed by atoms with Crippen molar-refractivity contribution in [2.75, 3.05) is 0 Å². The van der Waals surface area contributed by atoms with Crippen LogP contribution in [0, 0.1) is 0 Å². The van der Waals surface area contributed by atoms with Crippen LogP contribution in [0.4, 0.5) is 0 Å². The maximum Gasteiger partial charge on any atom is 0.184 e. The third-order valence-corrected chi connectivity index (χ3v) is 48.4. The highest BCUT2D eigenvalue weighted by atomic mass is 29.6. The zero-order valence-corrected chi connectivity index (χ0v) is 23.7. The molecule has 0 radical (unpaired) electrons. The molecular weight excluding hydrogens is 393 g/mol. The van der Waals surface area contributed by atoms with E-state index < -0.39 is 30.6 Å². The summed E-state index contributed by atoms with van der Waals surface area (Å²) >= 11 is 0. The summed E-state index contributed by atoms with van der Waals surface area (Å²) in [7, 11) is -6.47. The summed E-state index contributed by atoms with van der Waals surface area (Å²) in [4.78, 5) is 0. The summed E-state index contributed by atoms with van der Waals surface area (Å²) in [6.45, 7) is 27.9. The van der Waals surface area contributed by atoms with Crippen LogP contribution in [-0.2, 0) is 9.65 Å². The van der Waals surface area contributed by atoms with Gasteiger partial charge in [0.15, 0.2) is 8.32 Å². The molecule has 0 saturated heterocycles. The van der Waals surface area contributed by atoms with Crippen LogP contribution in [0.2, 0.25) is 65.0 Å². The lowest BCUT2D eigenvalue weighted by molar-refractivity contribution is 0.137. The average Bonchev–Trinajstić information content (AvgIpc) is 2.47. The lowest BCUT2D eigenvalue weighted by atomic mass is 9.98. The molecule has 1 aliphatic heterocycles. The van der Waals surface area contributed by atoms with E-state index in [0.29, 0.717) is 0 Å². The molecule has 0 spiro atoms. The van der Waals surface area contributed by atoms with Crippen LogP contribution >= 0.6 is 0 Å². The standard InChI is InChI=1S/C22H42OSi4/c1-19-17-22(23-24(3,4)5,21-15-13-12-14-16-21)27(18-20(19)2,25(6,7)8)26(9,10)11/h12-16H,17-18H2,1-11H3. The van der Waals surface area contributed by atoms with Crippen LogP contribution in [0.1, 0.15) is 25.8 Å². The molecule has 1 heterocycles. The van der Waals surface area contributed by atoms with Gasteiger partial charge in [0.25, 0.3) is 0 Å². The van der Waals surface area contributed by atoms with Gasteiger partial charge in [-0.2, -0.15) is 0 Å². The van der Waals surface area contributed by atoms with Crippen LogP contribution in [0.3, 0.4) is 0 Å². The average molecular weight is 435 g/mol. The third kappa shape index (κ3) is 3.95. The molecule has 5 heteroatoms. The van der Waals surface area contributed by atoms with E-state index in [1.54, 1.807) is 11.1 Å². The van der Waals surface area contributed by atoms with Crippen molar-refractivity contribution in [3.05, 3.63) is 47.0 Å². The van der Waals surface area contributed by atoms with Gasteiger partial charge in [-0.05, 0) is 51.5 Å². The quantitative estimate of drug-likeness (QED) is 0.349. The molecule has 2 rings (SSSR count). The van der Waals surface area contributed by atoms with Crippen molar-refractivity contribution in [2.45, 2.75) is 90.5 Å². The Kier molecular flexibility index (Phi) is 6.18. The van der Waals surface area contributed by atoms with E-state index in [4.69, 9.17) is 4.43 Å². The minimum Gasteiger partial charge on any atom is -0.411 e. The highest BCUT2D eigenvalue weighted by Crippen LogP contribution is 2.56. The van der Waals surface area contributed by atoms with Crippen molar-refractivity contribution in [3.8, 4) is 0 Å². The van der Waals surface area contributed by atoms with Crippen molar-refractivity contribution in [2.24, 2.45) is 0 Å². The van der Waals surface area contributed by atoms with E-state index >= 15 is 0 Å². The molecule has 1 aromatic carbocycles. The van der Waals surface area contributed by atoms with E-state index in [0.717, 1.165) is 6.42 Å². The largest absolute Gasteiger partial charge is 0.411 e. The Morgan fingerprint density at radius 1 is 0.778 bits per heavy atom. The third-order valence-electron chi connectivity index (χ3n) is 6.74. The molecule has 0 fully saturated rings. The Hall–Kier alpha value is -0.212. The number of benzene rings is 1. The van der Waals surface area contributed by atoms with E-state index in [1.165, 1.54) is 11.6 Å². The topological polar surface area (TPSA) is 9.23 Å². The second-order valence-electron chi connectivity index (χ2n) is 11.7. The predicted octanol–water partition coefficient (Wildman–Crippen LogP) is 7.29. The molecule has 152 valence electrons. The molecule has 27 heavy (non-hydrogen) atoms. The molecular formula is C22H42OSi4. The monoisotopic (exact) mass is 434 g/mol. The molecule has 0 aliphatic carbocycles. The summed E-state index contributed by atoms with van der Waals surface area (Å²) < 4.78 is 7.48. The Morgan fingerprint density at radius 3 is 1.67 bits per heavy atom. The van der Waals surface area contributed by atoms with Crippen molar-refractivity contribution < 1.29 is 4.43 Å². The second-order valence-corrected chi connectivity index (χ2v) is 43.7. The summed E-state index contributed by atoms with van der Waals surface area (Å²) in [5.74, 6) is 0. The summed E-state index contributed by atoms with van der Waals surface area (Å²) in [6, 6.07) is 12.8. The van der Waals surface area contributed by atoms with E-state index in [2.05, 4.69) is 103 Å². The normalized spacial score (nSPS) is 24.3. The first kappa shape index (κ1) is 23.1. The predicted molar refractivity (Wildman–Crippen MR) is 133 cm³/mol. The molecule has 0 saturated carbocycles. The number of rotatable bonds is 5. The fourth-order valence-electron chi connectivity index (χ4n) is 5.99. The smallest absolute Gasteiger partial charge is 0.184 e. The van der Waals surface area contributed by atoms with Crippen molar-refractivity contribution in [1.82, 2.24) is 0 Å². The zero-order valence-electron chi connectivity index (χ0n) is 19.7. The van der Waals surface area contributed by atoms with Crippen molar-refractivity contribution >= 4 is 30.6 Å². The van der Waals surface area contributed by atoms with Crippen LogP contribution < -0.4 is 0 Å². The molecule has 0 amide bonds. The van der Waals surface area contributed by atoms with Gasteiger partial charge in [-0.3, -0.25) is 0 Å². The Bertz CT molecular complexity index is 691. The van der Waals surface area contributed by atoms with Crippen LogP contribution in [0.5, 0.6) is 0 Å². The summed E-state index contributed by atoms with van der Waals surface area (Å²) in [5, 5.41) is -0.0444. The number of hydrogen-bond acceptors (Lipinski definition) is 1. The molecule has 0 aromatic heterocycles. The molecule has 1 unspecified atom stereocenters. The molecule has 1 atom stereocenters. The minimum absolute atomic E-state index is 0.0444. The van der Waals surface area contributed by atoms with Crippen LogP contribution in [0.25, 0.3) is 0 Å². The van der Waals surface area contributed by atoms with E-state index in [9.17, 15) is 0 Å². The minimum atomic E-state index is -1.79. The molecule has 0 N–H and O–H groups in total. The van der Waals surface area contributed by atoms with Gasteiger partial charge in [-0.1, -0.05) is 80.8 Å². The SMILES string of the molecule is CC1=C(C)C[Si]([Si](C)(C)C)([Si](C)(C)C)C(O[Si](C)(C)C)(c2ccccc2)C1. The maximum absolute atomic E-state index is 7.48. The van der Waals surface area contributed by atoms with Gasteiger partial charge in [0.2, 0.25) is 0 Å². The number of hydrogen-bond donors (Lipinski definition) is 0. The summed E-state index contributed by atoms with van der Waals surface area (Å²) in [6.07, 6.45) is 1.12. The van der Waals surface area contributed by atoms with E-state index in [-0.39, 0.29) is 5.22 Å². The molecule has 1 aliphatic rings. The first-order chi connectivity index (χ1) is 12.1. The second kappa shape index (κ2) is 7.24. The van der Waals surface area contributed by atoms with Crippen LogP contribution in [-0.4, -0.2) is 30.6 Å². The van der Waals surface area contributed by atoms with E-state index in [1.807, 2.05) is 0 Å². The molecule has 1 aromatic rings. The Labute approximate surface area is 172 Å². The lowest BCUT2D eigenvalue weighted by Gasteiger charge is -2.64. The maximum atomic E-state index is 7.48. The lowest BCUT2D eigenvalue weighted by Crippen LogP contribution is -2.83. The number of allylic oxidation sites excluding steroid dienone is 1. The van der Waals surface area contributed by atoms with Crippen molar-refractivity contribution in [3.63, 3.8) is 0 Å². The van der Waals surface area contributed by atoms with Gasteiger partial charge in [-0.15, -0.1) is 0 Å². The summed E-state index contributed by atoms with van der Waals surface area (Å²) in [5.41, 5.74) is 4.74. The van der Waals surface area contributed by atoms with Gasteiger partial charge in [-0.25, -0.2) is 0 Å². The molecule has 1 nitrogen and oxygen atoms in total. The fourth-order valence-corrected chi connectivity index (χ4v) is 58.5. The highest BCUT2D eigenvalue weighted by molar-refractivity contribution is 7.69. The Balaban J connectivity index is 2.99. The van der Waals surface area contributed by atoms with Gasteiger partial charge in [0.05, 0.1) is 12.3 Å². The van der Waals surface area contributed by atoms with Gasteiger partial charge >= 0.3 is 0 Å². The van der Waals surface area contributed by atoms with Gasteiger partial charge in [0.1, 0.15) is 0 Å². The van der Waals surface area contributed by atoms with Gasteiger partial charge in [0, 0.05) is 15.2 Å². The van der Waals surface area contributed by atoms with Crippen LogP contribution in [0.15, 0.2) is 41.5 Å².